The number of hydrogen-bond acceptors (Lipinski definition) is 5. The Labute approximate surface area is 112 Å². The number of carboxylic acid groups (broad SMARTS) is 1. The summed E-state index contributed by atoms with van der Waals surface area (Å²) >= 11 is 11.4. The maximum absolute atomic E-state index is 11.3. The predicted octanol–water partition coefficient (Wildman–Crippen LogP) is 0.173. The molecule has 1 fully saturated rings. The van der Waals surface area contributed by atoms with Crippen LogP contribution in [-0.4, -0.2) is 46.1 Å². The third kappa shape index (κ3) is 2.62. The number of carbonyl (C=O) groups is 2. The molecule has 1 aliphatic heterocycles. The molecule has 1 aliphatic rings. The smallest absolute Gasteiger partial charge is 0.328 e. The number of hydrogen-bond donors (Lipinski definition) is 2. The van der Waals surface area contributed by atoms with Crippen LogP contribution in [0, 0.1) is 0 Å². The van der Waals surface area contributed by atoms with Crippen molar-refractivity contribution in [3.8, 4) is 0 Å². The van der Waals surface area contributed by atoms with E-state index in [2.05, 4.69) is 15.3 Å². The van der Waals surface area contributed by atoms with Gasteiger partial charge in [-0.3, -0.25) is 4.79 Å². The number of carboxylic acids is 1. The number of amides is 1. The highest BCUT2D eigenvalue weighted by Gasteiger charge is 2.33. The van der Waals surface area contributed by atoms with Crippen LogP contribution in [0.1, 0.15) is 0 Å². The van der Waals surface area contributed by atoms with Gasteiger partial charge in [-0.25, -0.2) is 14.8 Å². The van der Waals surface area contributed by atoms with E-state index in [1.165, 1.54) is 11.0 Å². The van der Waals surface area contributed by atoms with Gasteiger partial charge < -0.3 is 15.3 Å². The Bertz CT molecular complexity index is 490. The first-order valence-corrected chi connectivity index (χ1v) is 5.69. The fraction of sp³-hybridized carbons (Fsp3) is 0.333. The van der Waals surface area contributed by atoms with Gasteiger partial charge >= 0.3 is 5.97 Å². The van der Waals surface area contributed by atoms with Crippen molar-refractivity contribution in [2.75, 3.05) is 18.0 Å². The van der Waals surface area contributed by atoms with E-state index in [4.69, 9.17) is 28.3 Å². The van der Waals surface area contributed by atoms with Crippen LogP contribution in [0.3, 0.4) is 0 Å². The molecule has 0 saturated carbocycles. The molecular formula is C9H8Cl2N4O3. The van der Waals surface area contributed by atoms with E-state index in [0.717, 1.165) is 0 Å². The second-order valence-electron chi connectivity index (χ2n) is 3.60. The molecule has 18 heavy (non-hydrogen) atoms. The predicted molar refractivity (Wildman–Crippen MR) is 63.8 cm³/mol. The van der Waals surface area contributed by atoms with Crippen molar-refractivity contribution in [3.05, 3.63) is 16.5 Å². The van der Waals surface area contributed by atoms with Crippen molar-refractivity contribution in [2.45, 2.75) is 6.04 Å². The number of aromatic nitrogens is 2. The maximum atomic E-state index is 11.3. The average molecular weight is 291 g/mol. The van der Waals surface area contributed by atoms with Gasteiger partial charge in [0.05, 0.1) is 6.54 Å². The lowest BCUT2D eigenvalue weighted by molar-refractivity contribution is -0.139. The van der Waals surface area contributed by atoms with Crippen LogP contribution in [-0.2, 0) is 9.59 Å². The zero-order valence-corrected chi connectivity index (χ0v) is 10.4. The van der Waals surface area contributed by atoms with E-state index >= 15 is 0 Å². The van der Waals surface area contributed by atoms with Crippen molar-refractivity contribution < 1.29 is 14.7 Å². The summed E-state index contributed by atoms with van der Waals surface area (Å²) in [5, 5.41) is 11.5. The molecule has 0 radical (unpaired) electrons. The molecule has 7 nitrogen and oxygen atoms in total. The van der Waals surface area contributed by atoms with E-state index in [1.807, 2.05) is 0 Å². The molecule has 9 heteroatoms. The lowest BCUT2D eigenvalue weighted by atomic mass is 10.2. The number of rotatable bonds is 2. The molecule has 0 aromatic carbocycles. The minimum absolute atomic E-state index is 0.00654. The van der Waals surface area contributed by atoms with Crippen molar-refractivity contribution in [1.82, 2.24) is 15.3 Å². The third-order valence-electron chi connectivity index (χ3n) is 2.42. The molecule has 0 bridgehead atoms. The van der Waals surface area contributed by atoms with Gasteiger partial charge in [0.15, 0.2) is 0 Å². The number of aliphatic carboxylic acids is 1. The second kappa shape index (κ2) is 4.95. The number of carbonyl (C=O) groups excluding carboxylic acids is 1. The Morgan fingerprint density at radius 3 is 2.83 bits per heavy atom. The zero-order valence-electron chi connectivity index (χ0n) is 8.93. The first-order chi connectivity index (χ1) is 8.47. The fourth-order valence-electron chi connectivity index (χ4n) is 1.63. The summed E-state index contributed by atoms with van der Waals surface area (Å²) in [7, 11) is 0. The van der Waals surface area contributed by atoms with Crippen LogP contribution < -0.4 is 10.2 Å². The molecule has 1 aromatic heterocycles. The molecular weight excluding hydrogens is 283 g/mol. The summed E-state index contributed by atoms with van der Waals surface area (Å²) < 4.78 is 0. The Kier molecular flexibility index (Phi) is 3.53. The van der Waals surface area contributed by atoms with Gasteiger partial charge in [0.25, 0.3) is 0 Å². The molecule has 2 heterocycles. The number of anilines is 1. The highest BCUT2D eigenvalue weighted by molar-refractivity contribution is 6.32. The Balaban J connectivity index is 2.37. The van der Waals surface area contributed by atoms with Gasteiger partial charge in [-0.1, -0.05) is 11.6 Å². The van der Waals surface area contributed by atoms with E-state index in [1.54, 1.807) is 0 Å². The van der Waals surface area contributed by atoms with Gasteiger partial charge in [-0.2, -0.15) is 0 Å². The first kappa shape index (κ1) is 12.8. The lowest BCUT2D eigenvalue weighted by Crippen LogP contribution is -2.58. The van der Waals surface area contributed by atoms with Crippen LogP contribution in [0.15, 0.2) is 6.07 Å². The van der Waals surface area contributed by atoms with Crippen molar-refractivity contribution in [2.24, 2.45) is 0 Å². The van der Waals surface area contributed by atoms with E-state index in [9.17, 15) is 9.59 Å². The largest absolute Gasteiger partial charge is 0.480 e. The highest BCUT2D eigenvalue weighted by Crippen LogP contribution is 2.21. The summed E-state index contributed by atoms with van der Waals surface area (Å²) in [6.45, 7) is -0.131. The van der Waals surface area contributed by atoms with Crippen LogP contribution in [0.2, 0.25) is 10.4 Å². The normalized spacial score (nSPS) is 19.6. The Morgan fingerprint density at radius 1 is 1.50 bits per heavy atom. The Morgan fingerprint density at radius 2 is 2.22 bits per heavy atom. The van der Waals surface area contributed by atoms with E-state index in [0.29, 0.717) is 0 Å². The number of halogens is 2. The standard InChI is InChI=1S/C9H8Cl2N4O3/c10-5-1-6(14-9(11)13-5)15-3-7(16)12-2-4(15)8(17)18/h1,4H,2-3H2,(H,12,16)(H,17,18). The van der Waals surface area contributed by atoms with Crippen LogP contribution in [0.5, 0.6) is 0 Å². The number of nitrogens with one attached hydrogen (secondary N) is 1. The van der Waals surface area contributed by atoms with Crippen molar-refractivity contribution in [1.29, 1.82) is 0 Å². The van der Waals surface area contributed by atoms with Gasteiger partial charge in [-0.15, -0.1) is 0 Å². The number of nitrogens with zero attached hydrogens (tertiary/aromatic N) is 3. The zero-order chi connectivity index (χ0) is 13.3. The molecule has 2 rings (SSSR count). The molecule has 1 saturated heterocycles. The molecule has 1 amide bonds. The summed E-state index contributed by atoms with van der Waals surface area (Å²) in [6, 6.07) is 0.451. The monoisotopic (exact) mass is 290 g/mol. The van der Waals surface area contributed by atoms with Crippen LogP contribution in [0.25, 0.3) is 0 Å². The minimum Gasteiger partial charge on any atom is -0.480 e. The summed E-state index contributed by atoms with van der Waals surface area (Å²) in [5.74, 6) is -1.15. The van der Waals surface area contributed by atoms with Gasteiger partial charge in [0.1, 0.15) is 17.0 Å². The van der Waals surface area contributed by atoms with Crippen LogP contribution in [0.4, 0.5) is 5.82 Å². The molecule has 96 valence electrons. The van der Waals surface area contributed by atoms with Gasteiger partial charge in [-0.05, 0) is 11.6 Å². The fourth-order valence-corrected chi connectivity index (χ4v) is 2.03. The first-order valence-electron chi connectivity index (χ1n) is 4.93. The number of piperazine rings is 1. The minimum atomic E-state index is -1.07. The summed E-state index contributed by atoms with van der Waals surface area (Å²) in [5.41, 5.74) is 0. The molecule has 0 aliphatic carbocycles. The lowest BCUT2D eigenvalue weighted by Gasteiger charge is -2.33. The third-order valence-corrected chi connectivity index (χ3v) is 2.78. The molecule has 2 N–H and O–H groups in total. The highest BCUT2D eigenvalue weighted by atomic mass is 35.5. The average Bonchev–Trinajstić information content (AvgIpc) is 2.27. The quantitative estimate of drug-likeness (QED) is 0.596. The van der Waals surface area contributed by atoms with E-state index in [-0.39, 0.29) is 35.3 Å². The summed E-state index contributed by atoms with van der Waals surface area (Å²) in [4.78, 5) is 31.3. The van der Waals surface area contributed by atoms with Crippen molar-refractivity contribution >= 4 is 40.9 Å². The van der Waals surface area contributed by atoms with E-state index < -0.39 is 12.0 Å². The topological polar surface area (TPSA) is 95.4 Å². The van der Waals surface area contributed by atoms with Crippen LogP contribution >= 0.6 is 23.2 Å². The maximum Gasteiger partial charge on any atom is 0.328 e. The van der Waals surface area contributed by atoms with Gasteiger partial charge in [0.2, 0.25) is 11.2 Å². The molecule has 1 aromatic rings. The summed E-state index contributed by atoms with van der Waals surface area (Å²) in [6.07, 6.45) is 0. The van der Waals surface area contributed by atoms with Gasteiger partial charge in [0, 0.05) is 12.6 Å². The molecule has 0 spiro atoms. The molecule has 1 atom stereocenters. The molecule has 1 unspecified atom stereocenters. The second-order valence-corrected chi connectivity index (χ2v) is 4.33. The Hall–Kier alpha value is -1.60. The SMILES string of the molecule is O=C1CN(c2cc(Cl)nc(Cl)n2)C(C(=O)O)CN1. The van der Waals surface area contributed by atoms with Crippen molar-refractivity contribution in [3.63, 3.8) is 0 Å².